The van der Waals surface area contributed by atoms with Crippen molar-refractivity contribution in [2.24, 2.45) is 5.92 Å². The summed E-state index contributed by atoms with van der Waals surface area (Å²) in [7, 11) is -3.08. The van der Waals surface area contributed by atoms with E-state index in [-0.39, 0.29) is 6.04 Å². The van der Waals surface area contributed by atoms with E-state index in [1.54, 1.807) is 0 Å². The third kappa shape index (κ3) is 5.23. The molecule has 1 fully saturated rings. The van der Waals surface area contributed by atoms with Crippen LogP contribution in [-0.4, -0.2) is 45.2 Å². The lowest BCUT2D eigenvalue weighted by molar-refractivity contribution is 0.282. The summed E-state index contributed by atoms with van der Waals surface area (Å²) in [5.74, 6) is 0.578. The van der Waals surface area contributed by atoms with Gasteiger partial charge in [-0.05, 0) is 30.9 Å². The lowest BCUT2D eigenvalue weighted by atomic mass is 10.0. The van der Waals surface area contributed by atoms with E-state index in [1.165, 1.54) is 11.8 Å². The van der Waals surface area contributed by atoms with Gasteiger partial charge in [-0.1, -0.05) is 37.3 Å². The Morgan fingerprint density at radius 3 is 2.70 bits per heavy atom. The molecule has 0 bridgehead atoms. The molecule has 1 aliphatic heterocycles. The van der Waals surface area contributed by atoms with E-state index < -0.39 is 10.0 Å². The SMILES string of the molecule is C[C@@H](Cc1ccccc1)CN1CC[C@@H](NS(C)(=O)=O)C1. The van der Waals surface area contributed by atoms with Gasteiger partial charge in [0.25, 0.3) is 0 Å². The molecule has 0 unspecified atom stereocenters. The zero-order chi connectivity index (χ0) is 14.6. The van der Waals surface area contributed by atoms with Crippen molar-refractivity contribution >= 4 is 10.0 Å². The summed E-state index contributed by atoms with van der Waals surface area (Å²) in [5, 5.41) is 0. The molecule has 2 rings (SSSR count). The van der Waals surface area contributed by atoms with Crippen LogP contribution in [0.1, 0.15) is 18.9 Å². The van der Waals surface area contributed by atoms with Crippen LogP contribution in [0.5, 0.6) is 0 Å². The van der Waals surface area contributed by atoms with Crippen LogP contribution in [0.15, 0.2) is 30.3 Å². The molecule has 4 nitrogen and oxygen atoms in total. The van der Waals surface area contributed by atoms with Crippen molar-refractivity contribution in [3.05, 3.63) is 35.9 Å². The van der Waals surface area contributed by atoms with Gasteiger partial charge in [-0.15, -0.1) is 0 Å². The number of benzene rings is 1. The summed E-state index contributed by atoms with van der Waals surface area (Å²) in [6, 6.07) is 10.6. The van der Waals surface area contributed by atoms with Gasteiger partial charge >= 0.3 is 0 Å². The van der Waals surface area contributed by atoms with Crippen molar-refractivity contribution in [3.8, 4) is 0 Å². The van der Waals surface area contributed by atoms with Crippen LogP contribution in [0.4, 0.5) is 0 Å². The minimum atomic E-state index is -3.08. The molecule has 20 heavy (non-hydrogen) atoms. The average molecular weight is 296 g/mol. The van der Waals surface area contributed by atoms with Crippen LogP contribution >= 0.6 is 0 Å². The van der Waals surface area contributed by atoms with Crippen LogP contribution in [-0.2, 0) is 16.4 Å². The highest BCUT2D eigenvalue weighted by molar-refractivity contribution is 7.88. The molecule has 0 spiro atoms. The molecular weight excluding hydrogens is 272 g/mol. The Bertz CT molecular complexity index is 516. The highest BCUT2D eigenvalue weighted by Crippen LogP contribution is 2.15. The molecule has 1 saturated heterocycles. The second-order valence-electron chi connectivity index (χ2n) is 5.93. The topological polar surface area (TPSA) is 49.4 Å². The van der Waals surface area contributed by atoms with Crippen LogP contribution in [0.2, 0.25) is 0 Å². The van der Waals surface area contributed by atoms with Crippen molar-refractivity contribution in [3.63, 3.8) is 0 Å². The van der Waals surface area contributed by atoms with E-state index >= 15 is 0 Å². The first kappa shape index (κ1) is 15.5. The van der Waals surface area contributed by atoms with Crippen LogP contribution < -0.4 is 4.72 Å². The number of sulfonamides is 1. The van der Waals surface area contributed by atoms with E-state index in [0.29, 0.717) is 5.92 Å². The third-order valence-electron chi connectivity index (χ3n) is 3.65. The summed E-state index contributed by atoms with van der Waals surface area (Å²) in [6.07, 6.45) is 3.21. The van der Waals surface area contributed by atoms with E-state index in [1.807, 2.05) is 6.07 Å². The summed E-state index contributed by atoms with van der Waals surface area (Å²) in [4.78, 5) is 2.36. The first-order valence-corrected chi connectivity index (χ1v) is 9.05. The standard InChI is InChI=1S/C15H24N2O2S/c1-13(10-14-6-4-3-5-7-14)11-17-9-8-15(12-17)16-20(2,18)19/h3-7,13,15-16H,8-12H2,1-2H3/t13-,15+/m0/s1. The molecular formula is C15H24N2O2S. The van der Waals surface area contributed by atoms with E-state index in [0.717, 1.165) is 32.5 Å². The van der Waals surface area contributed by atoms with Crippen molar-refractivity contribution in [1.82, 2.24) is 9.62 Å². The first-order chi connectivity index (χ1) is 9.42. The van der Waals surface area contributed by atoms with Gasteiger partial charge in [-0.25, -0.2) is 13.1 Å². The monoisotopic (exact) mass is 296 g/mol. The van der Waals surface area contributed by atoms with Gasteiger partial charge in [0.1, 0.15) is 0 Å². The highest BCUT2D eigenvalue weighted by Gasteiger charge is 2.25. The van der Waals surface area contributed by atoms with E-state index in [4.69, 9.17) is 0 Å². The highest BCUT2D eigenvalue weighted by atomic mass is 32.2. The van der Waals surface area contributed by atoms with Gasteiger partial charge in [0, 0.05) is 19.1 Å². The number of rotatable bonds is 6. The maximum Gasteiger partial charge on any atom is 0.208 e. The number of nitrogens with one attached hydrogen (secondary N) is 1. The maximum absolute atomic E-state index is 11.2. The first-order valence-electron chi connectivity index (χ1n) is 7.16. The lowest BCUT2D eigenvalue weighted by Gasteiger charge is -2.21. The zero-order valence-electron chi connectivity index (χ0n) is 12.2. The van der Waals surface area contributed by atoms with Crippen LogP contribution in [0, 0.1) is 5.92 Å². The minimum absolute atomic E-state index is 0.0777. The molecule has 1 aromatic carbocycles. The Morgan fingerprint density at radius 2 is 2.05 bits per heavy atom. The molecule has 1 N–H and O–H groups in total. The molecule has 0 amide bonds. The largest absolute Gasteiger partial charge is 0.301 e. The Hall–Kier alpha value is -0.910. The van der Waals surface area contributed by atoms with Gasteiger partial charge in [0.15, 0.2) is 0 Å². The Labute approximate surface area is 122 Å². The smallest absolute Gasteiger partial charge is 0.208 e. The average Bonchev–Trinajstić information content (AvgIpc) is 2.75. The molecule has 112 valence electrons. The van der Waals surface area contributed by atoms with E-state index in [9.17, 15) is 8.42 Å². The van der Waals surface area contributed by atoms with Gasteiger partial charge in [-0.3, -0.25) is 0 Å². The molecule has 1 aliphatic rings. The fourth-order valence-electron chi connectivity index (χ4n) is 2.92. The van der Waals surface area contributed by atoms with E-state index in [2.05, 4.69) is 40.8 Å². The van der Waals surface area contributed by atoms with Crippen LogP contribution in [0.3, 0.4) is 0 Å². The van der Waals surface area contributed by atoms with Crippen molar-refractivity contribution in [2.45, 2.75) is 25.8 Å². The Morgan fingerprint density at radius 1 is 1.35 bits per heavy atom. The molecule has 1 aromatic rings. The number of hydrogen-bond donors (Lipinski definition) is 1. The molecule has 1 heterocycles. The molecule has 0 saturated carbocycles. The second kappa shape index (κ2) is 6.70. The quantitative estimate of drug-likeness (QED) is 0.865. The van der Waals surface area contributed by atoms with Crippen molar-refractivity contribution in [2.75, 3.05) is 25.9 Å². The predicted octanol–water partition coefficient (Wildman–Crippen LogP) is 1.49. The lowest BCUT2D eigenvalue weighted by Crippen LogP contribution is -2.37. The summed E-state index contributed by atoms with van der Waals surface area (Å²) in [5.41, 5.74) is 1.37. The molecule has 0 aliphatic carbocycles. The molecule has 2 atom stereocenters. The summed E-state index contributed by atoms with van der Waals surface area (Å²) >= 11 is 0. The fraction of sp³-hybridized carbons (Fsp3) is 0.600. The number of likely N-dealkylation sites (tertiary alicyclic amines) is 1. The van der Waals surface area contributed by atoms with Gasteiger partial charge in [0.2, 0.25) is 10.0 Å². The Balaban J connectivity index is 1.77. The third-order valence-corrected chi connectivity index (χ3v) is 4.41. The second-order valence-corrected chi connectivity index (χ2v) is 7.71. The van der Waals surface area contributed by atoms with Crippen LogP contribution in [0.25, 0.3) is 0 Å². The number of hydrogen-bond acceptors (Lipinski definition) is 3. The minimum Gasteiger partial charge on any atom is -0.301 e. The van der Waals surface area contributed by atoms with Crippen molar-refractivity contribution in [1.29, 1.82) is 0 Å². The summed E-state index contributed by atoms with van der Waals surface area (Å²) in [6.45, 7) is 5.08. The fourth-order valence-corrected chi connectivity index (χ4v) is 3.72. The maximum atomic E-state index is 11.2. The molecule has 0 radical (unpaired) electrons. The Kier molecular flexibility index (Phi) is 5.18. The van der Waals surface area contributed by atoms with Gasteiger partial charge in [-0.2, -0.15) is 0 Å². The summed E-state index contributed by atoms with van der Waals surface area (Å²) < 4.78 is 25.2. The molecule has 0 aromatic heterocycles. The van der Waals surface area contributed by atoms with Gasteiger partial charge < -0.3 is 4.90 Å². The van der Waals surface area contributed by atoms with Crippen molar-refractivity contribution < 1.29 is 8.42 Å². The normalized spacial score (nSPS) is 22.0. The number of nitrogens with zero attached hydrogens (tertiary/aromatic N) is 1. The predicted molar refractivity (Wildman–Crippen MR) is 82.1 cm³/mol. The zero-order valence-corrected chi connectivity index (χ0v) is 13.1. The molecule has 5 heteroatoms. The van der Waals surface area contributed by atoms with Gasteiger partial charge in [0.05, 0.1) is 6.26 Å².